The average molecular weight is 410 g/mol. The van der Waals surface area contributed by atoms with E-state index in [-0.39, 0.29) is 18.0 Å². The number of nitrogens with one attached hydrogen (secondary N) is 1. The fourth-order valence-corrected chi connectivity index (χ4v) is 4.39. The van der Waals surface area contributed by atoms with Gasteiger partial charge in [-0.05, 0) is 35.6 Å². The molecule has 1 N–H and O–H groups in total. The van der Waals surface area contributed by atoms with Crippen molar-refractivity contribution in [3.8, 4) is 5.75 Å². The second-order valence-corrected chi connectivity index (χ2v) is 7.59. The second kappa shape index (κ2) is 8.08. The minimum absolute atomic E-state index is 0.104. The SMILES string of the molecule is CCc1nn(CC(=O)NCCc2ccccc2OC)c(=O)c2cc3ccsc3n12. The molecule has 150 valence electrons. The number of amides is 1. The first-order chi connectivity index (χ1) is 14.1. The average Bonchev–Trinajstić information content (AvgIpc) is 3.32. The number of rotatable bonds is 7. The Hall–Kier alpha value is -3.13. The number of methoxy groups -OCH3 is 1. The minimum atomic E-state index is -0.259. The monoisotopic (exact) mass is 410 g/mol. The van der Waals surface area contributed by atoms with E-state index in [4.69, 9.17) is 4.74 Å². The molecule has 0 fully saturated rings. The van der Waals surface area contributed by atoms with Crippen LogP contribution < -0.4 is 15.6 Å². The van der Waals surface area contributed by atoms with Crippen LogP contribution in [0.3, 0.4) is 0 Å². The zero-order valence-electron chi connectivity index (χ0n) is 16.3. The summed E-state index contributed by atoms with van der Waals surface area (Å²) >= 11 is 1.58. The summed E-state index contributed by atoms with van der Waals surface area (Å²) in [6.45, 7) is 2.34. The fraction of sp³-hybridized carbons (Fsp3) is 0.286. The summed E-state index contributed by atoms with van der Waals surface area (Å²) < 4.78 is 8.49. The van der Waals surface area contributed by atoms with Crippen LogP contribution in [0.5, 0.6) is 5.75 Å². The van der Waals surface area contributed by atoms with E-state index in [2.05, 4.69) is 10.4 Å². The molecule has 3 heterocycles. The second-order valence-electron chi connectivity index (χ2n) is 6.69. The van der Waals surface area contributed by atoms with Crippen molar-refractivity contribution in [2.24, 2.45) is 0 Å². The Morgan fingerprint density at radius 2 is 2.10 bits per heavy atom. The fourth-order valence-electron chi connectivity index (χ4n) is 3.47. The van der Waals surface area contributed by atoms with Gasteiger partial charge in [-0.15, -0.1) is 11.3 Å². The highest BCUT2D eigenvalue weighted by Gasteiger charge is 2.16. The first-order valence-corrected chi connectivity index (χ1v) is 10.4. The Balaban J connectivity index is 1.51. The van der Waals surface area contributed by atoms with Crippen molar-refractivity contribution in [3.63, 3.8) is 0 Å². The van der Waals surface area contributed by atoms with Crippen molar-refractivity contribution in [2.45, 2.75) is 26.3 Å². The molecule has 1 aromatic carbocycles. The lowest BCUT2D eigenvalue weighted by molar-refractivity contribution is -0.121. The van der Waals surface area contributed by atoms with Crippen LogP contribution in [0, 0.1) is 0 Å². The molecule has 3 aromatic heterocycles. The molecule has 8 heteroatoms. The van der Waals surface area contributed by atoms with Gasteiger partial charge in [0, 0.05) is 18.4 Å². The van der Waals surface area contributed by atoms with Gasteiger partial charge in [0.2, 0.25) is 5.91 Å². The number of nitrogens with zero attached hydrogens (tertiary/aromatic N) is 3. The van der Waals surface area contributed by atoms with E-state index in [1.807, 2.05) is 53.1 Å². The molecule has 4 aromatic rings. The number of aryl methyl sites for hydroxylation is 1. The van der Waals surface area contributed by atoms with E-state index >= 15 is 0 Å². The van der Waals surface area contributed by atoms with Crippen LogP contribution in [0.2, 0.25) is 0 Å². The summed E-state index contributed by atoms with van der Waals surface area (Å²) in [6.07, 6.45) is 1.31. The number of carbonyl (C=O) groups is 1. The number of benzene rings is 1. The van der Waals surface area contributed by atoms with Crippen LogP contribution >= 0.6 is 11.3 Å². The number of hydrogen-bond donors (Lipinski definition) is 1. The van der Waals surface area contributed by atoms with E-state index in [9.17, 15) is 9.59 Å². The standard InChI is InChI=1S/C21H22N4O3S/c1-3-18-23-24(20(27)16-12-15-9-11-29-21(15)25(16)18)13-19(26)22-10-8-14-6-4-5-7-17(14)28-2/h4-7,9,11-12H,3,8,10,13H2,1-2H3,(H,22,26). The summed E-state index contributed by atoms with van der Waals surface area (Å²) in [5, 5.41) is 10.3. The van der Waals surface area contributed by atoms with E-state index in [1.54, 1.807) is 18.4 Å². The summed E-state index contributed by atoms with van der Waals surface area (Å²) in [6, 6.07) is 11.6. The minimum Gasteiger partial charge on any atom is -0.496 e. The lowest BCUT2D eigenvalue weighted by atomic mass is 10.1. The van der Waals surface area contributed by atoms with Crippen LogP contribution in [0.4, 0.5) is 0 Å². The molecular formula is C21H22N4O3S. The lowest BCUT2D eigenvalue weighted by Gasteiger charge is -2.11. The van der Waals surface area contributed by atoms with Gasteiger partial charge in [-0.1, -0.05) is 25.1 Å². The van der Waals surface area contributed by atoms with Crippen molar-refractivity contribution >= 4 is 33.0 Å². The molecule has 29 heavy (non-hydrogen) atoms. The highest BCUT2D eigenvalue weighted by atomic mass is 32.1. The van der Waals surface area contributed by atoms with Crippen molar-refractivity contribution in [2.75, 3.05) is 13.7 Å². The summed E-state index contributed by atoms with van der Waals surface area (Å²) in [5.41, 5.74) is 1.32. The first-order valence-electron chi connectivity index (χ1n) is 9.49. The molecule has 0 saturated carbocycles. The van der Waals surface area contributed by atoms with E-state index < -0.39 is 0 Å². The van der Waals surface area contributed by atoms with Crippen molar-refractivity contribution in [3.05, 3.63) is 63.5 Å². The van der Waals surface area contributed by atoms with Crippen LogP contribution in [0.25, 0.3) is 15.7 Å². The van der Waals surface area contributed by atoms with Gasteiger partial charge in [-0.25, -0.2) is 4.68 Å². The Bertz CT molecular complexity index is 1240. The molecule has 7 nitrogen and oxygen atoms in total. The van der Waals surface area contributed by atoms with Gasteiger partial charge in [0.15, 0.2) is 0 Å². The van der Waals surface area contributed by atoms with Crippen molar-refractivity contribution in [1.29, 1.82) is 0 Å². The third-order valence-electron chi connectivity index (χ3n) is 4.88. The maximum atomic E-state index is 12.9. The first kappa shape index (κ1) is 19.2. The van der Waals surface area contributed by atoms with Gasteiger partial charge in [-0.2, -0.15) is 5.10 Å². The summed E-state index contributed by atoms with van der Waals surface area (Å²) in [7, 11) is 1.63. The topological polar surface area (TPSA) is 77.6 Å². The van der Waals surface area contributed by atoms with Gasteiger partial charge in [-0.3, -0.25) is 14.0 Å². The molecule has 1 amide bonds. The number of aromatic nitrogens is 3. The van der Waals surface area contributed by atoms with Crippen molar-refractivity contribution < 1.29 is 9.53 Å². The summed E-state index contributed by atoms with van der Waals surface area (Å²) in [5.74, 6) is 1.32. The van der Waals surface area contributed by atoms with Crippen molar-refractivity contribution in [1.82, 2.24) is 19.5 Å². The van der Waals surface area contributed by atoms with Gasteiger partial charge in [0.05, 0.1) is 7.11 Å². The van der Waals surface area contributed by atoms with E-state index in [0.717, 1.165) is 27.4 Å². The molecule has 0 atom stereocenters. The zero-order chi connectivity index (χ0) is 20.4. The number of ether oxygens (including phenoxy) is 1. The summed E-state index contributed by atoms with van der Waals surface area (Å²) in [4.78, 5) is 26.3. The number of thiophene rings is 1. The molecule has 0 unspecified atom stereocenters. The van der Waals surface area contributed by atoms with Gasteiger partial charge < -0.3 is 10.1 Å². The molecule has 0 bridgehead atoms. The lowest BCUT2D eigenvalue weighted by Crippen LogP contribution is -2.36. The third kappa shape index (κ3) is 3.63. The predicted molar refractivity (Wildman–Crippen MR) is 114 cm³/mol. The molecule has 0 aliphatic heterocycles. The highest BCUT2D eigenvalue weighted by molar-refractivity contribution is 7.16. The Labute approximate surface area is 171 Å². The van der Waals surface area contributed by atoms with E-state index in [0.29, 0.717) is 24.9 Å². The van der Waals surface area contributed by atoms with Crippen LogP contribution in [-0.2, 0) is 24.2 Å². The predicted octanol–water partition coefficient (Wildman–Crippen LogP) is 2.64. The molecular weight excluding hydrogens is 388 g/mol. The zero-order valence-corrected chi connectivity index (χ0v) is 17.2. The van der Waals surface area contributed by atoms with Gasteiger partial charge >= 0.3 is 0 Å². The van der Waals surface area contributed by atoms with Crippen LogP contribution in [0.15, 0.2) is 46.6 Å². The van der Waals surface area contributed by atoms with Gasteiger partial charge in [0.25, 0.3) is 5.56 Å². The van der Waals surface area contributed by atoms with Crippen LogP contribution in [-0.4, -0.2) is 33.7 Å². The number of fused-ring (bicyclic) bond motifs is 3. The Morgan fingerprint density at radius 1 is 1.28 bits per heavy atom. The maximum Gasteiger partial charge on any atom is 0.291 e. The third-order valence-corrected chi connectivity index (χ3v) is 5.79. The number of hydrogen-bond acceptors (Lipinski definition) is 5. The van der Waals surface area contributed by atoms with Crippen LogP contribution in [0.1, 0.15) is 18.3 Å². The smallest absolute Gasteiger partial charge is 0.291 e. The molecule has 0 saturated heterocycles. The highest BCUT2D eigenvalue weighted by Crippen LogP contribution is 2.24. The molecule has 0 radical (unpaired) electrons. The Morgan fingerprint density at radius 3 is 2.90 bits per heavy atom. The molecule has 0 aliphatic carbocycles. The quantitative estimate of drug-likeness (QED) is 0.508. The number of carbonyl (C=O) groups excluding carboxylic acids is 1. The molecule has 0 aliphatic rings. The normalized spacial score (nSPS) is 11.2. The largest absolute Gasteiger partial charge is 0.496 e. The van der Waals surface area contributed by atoms with Gasteiger partial charge in [0.1, 0.15) is 28.5 Å². The number of para-hydroxylation sites is 1. The molecule has 4 rings (SSSR count). The van der Waals surface area contributed by atoms with E-state index in [1.165, 1.54) is 4.68 Å². The maximum absolute atomic E-state index is 12.9. The molecule has 0 spiro atoms. The Kier molecular flexibility index (Phi) is 5.35.